The molecule has 3 rings (SSSR count). The van der Waals surface area contributed by atoms with Crippen LogP contribution in [0.25, 0.3) is 0 Å². The number of H-pyrrole nitrogens is 1. The molecule has 2 aliphatic rings. The predicted molar refractivity (Wildman–Crippen MR) is 86.1 cm³/mol. The van der Waals surface area contributed by atoms with Crippen molar-refractivity contribution in [2.45, 2.75) is 51.2 Å². The number of aromatic amines is 1. The van der Waals surface area contributed by atoms with E-state index < -0.39 is 0 Å². The van der Waals surface area contributed by atoms with Crippen LogP contribution in [0.1, 0.15) is 48.8 Å². The number of aromatic nitrogens is 1. The number of hydrogen-bond acceptors (Lipinski definition) is 3. The van der Waals surface area contributed by atoms with Crippen molar-refractivity contribution in [3.05, 3.63) is 23.5 Å². The number of carbonyl (C=O) groups is 1. The molecule has 22 heavy (non-hydrogen) atoms. The molecule has 5 heteroatoms. The molecule has 0 spiro atoms. The van der Waals surface area contributed by atoms with Gasteiger partial charge in [-0.2, -0.15) is 0 Å². The van der Waals surface area contributed by atoms with E-state index in [1.165, 1.54) is 12.8 Å². The molecule has 1 aromatic heterocycles. The Morgan fingerprint density at radius 3 is 2.82 bits per heavy atom. The van der Waals surface area contributed by atoms with E-state index >= 15 is 0 Å². The number of piperidine rings is 1. The van der Waals surface area contributed by atoms with Crippen LogP contribution >= 0.6 is 0 Å². The molecule has 1 unspecified atom stereocenters. The van der Waals surface area contributed by atoms with E-state index in [0.717, 1.165) is 51.2 Å². The minimum absolute atomic E-state index is 0.0253. The highest BCUT2D eigenvalue weighted by Crippen LogP contribution is 2.17. The molecule has 122 valence electrons. The summed E-state index contributed by atoms with van der Waals surface area (Å²) in [5.41, 5.74) is 1.79. The minimum atomic E-state index is 0.0253. The first-order valence-corrected chi connectivity index (χ1v) is 8.57. The lowest BCUT2D eigenvalue weighted by molar-refractivity contribution is 0.0612. The van der Waals surface area contributed by atoms with Gasteiger partial charge in [-0.05, 0) is 44.2 Å². The summed E-state index contributed by atoms with van der Waals surface area (Å²) in [6, 6.07) is 4.15. The quantitative estimate of drug-likeness (QED) is 0.874. The Kier molecular flexibility index (Phi) is 5.16. The Hall–Kier alpha value is -1.33. The molecule has 2 aliphatic heterocycles. The molecule has 1 atom stereocenters. The molecule has 0 radical (unpaired) electrons. The highest BCUT2D eigenvalue weighted by Gasteiger charge is 2.25. The van der Waals surface area contributed by atoms with Gasteiger partial charge in [-0.15, -0.1) is 0 Å². The van der Waals surface area contributed by atoms with Crippen molar-refractivity contribution in [1.82, 2.24) is 15.2 Å². The van der Waals surface area contributed by atoms with E-state index in [-0.39, 0.29) is 5.91 Å². The van der Waals surface area contributed by atoms with Gasteiger partial charge in [0.15, 0.2) is 0 Å². The summed E-state index contributed by atoms with van der Waals surface area (Å²) in [6.07, 6.45) is 5.81. The summed E-state index contributed by atoms with van der Waals surface area (Å²) in [5.74, 6) is 0.0253. The predicted octanol–water partition coefficient (Wildman–Crippen LogP) is 1.95. The number of hydrogen-bond donors (Lipinski definition) is 2. The Balaban J connectivity index is 1.42. The van der Waals surface area contributed by atoms with Crippen molar-refractivity contribution in [2.75, 3.05) is 26.2 Å². The van der Waals surface area contributed by atoms with Crippen LogP contribution in [0.2, 0.25) is 0 Å². The maximum Gasteiger partial charge on any atom is 0.267 e. The van der Waals surface area contributed by atoms with Gasteiger partial charge in [0, 0.05) is 38.0 Å². The average Bonchev–Trinajstić information content (AvgIpc) is 3.20. The molecule has 2 saturated heterocycles. The van der Waals surface area contributed by atoms with E-state index in [2.05, 4.69) is 22.1 Å². The first-order valence-electron chi connectivity index (χ1n) is 8.57. The average molecular weight is 305 g/mol. The van der Waals surface area contributed by atoms with Gasteiger partial charge in [-0.3, -0.25) is 4.79 Å². The monoisotopic (exact) mass is 305 g/mol. The van der Waals surface area contributed by atoms with Crippen LogP contribution in [0.3, 0.4) is 0 Å². The highest BCUT2D eigenvalue weighted by molar-refractivity contribution is 5.92. The van der Waals surface area contributed by atoms with Crippen LogP contribution in [-0.2, 0) is 11.2 Å². The van der Waals surface area contributed by atoms with Crippen LogP contribution in [0.15, 0.2) is 12.1 Å². The zero-order chi connectivity index (χ0) is 15.4. The Labute approximate surface area is 132 Å². The van der Waals surface area contributed by atoms with E-state index in [1.54, 1.807) is 0 Å². The van der Waals surface area contributed by atoms with Crippen LogP contribution in [0.4, 0.5) is 0 Å². The van der Waals surface area contributed by atoms with Gasteiger partial charge in [0.2, 0.25) is 0 Å². The topological polar surface area (TPSA) is 57.4 Å². The van der Waals surface area contributed by atoms with Crippen LogP contribution < -0.4 is 5.32 Å². The molecule has 0 bridgehead atoms. The van der Waals surface area contributed by atoms with Crippen LogP contribution in [-0.4, -0.2) is 54.2 Å². The number of likely N-dealkylation sites (tertiary alicyclic amines) is 1. The number of amides is 1. The molecular weight excluding hydrogens is 278 g/mol. The first kappa shape index (κ1) is 15.6. The molecular formula is C17H27N3O2. The molecule has 2 fully saturated rings. The summed E-state index contributed by atoms with van der Waals surface area (Å²) in [6.45, 7) is 6.16. The fourth-order valence-electron chi connectivity index (χ4n) is 3.38. The number of nitrogens with one attached hydrogen (secondary N) is 2. The molecule has 0 aromatic carbocycles. The fraction of sp³-hybridized carbons (Fsp3) is 0.706. The number of carbonyl (C=O) groups excluding carboxylic acids is 1. The molecule has 3 heterocycles. The van der Waals surface area contributed by atoms with E-state index in [0.29, 0.717) is 17.8 Å². The SMILES string of the molecule is CCc1ccc(C(=O)NC2CCN(CC3CCCO3)CC2)[nH]1. The largest absolute Gasteiger partial charge is 0.377 e. The zero-order valence-electron chi connectivity index (χ0n) is 13.4. The smallest absolute Gasteiger partial charge is 0.267 e. The van der Waals surface area contributed by atoms with Crippen molar-refractivity contribution in [1.29, 1.82) is 0 Å². The van der Waals surface area contributed by atoms with E-state index in [4.69, 9.17) is 4.74 Å². The summed E-state index contributed by atoms with van der Waals surface area (Å²) in [5, 5.41) is 3.16. The van der Waals surface area contributed by atoms with Gasteiger partial charge < -0.3 is 19.9 Å². The first-order chi connectivity index (χ1) is 10.7. The lowest BCUT2D eigenvalue weighted by Gasteiger charge is -2.33. The van der Waals surface area contributed by atoms with Crippen LogP contribution in [0.5, 0.6) is 0 Å². The van der Waals surface area contributed by atoms with Gasteiger partial charge >= 0.3 is 0 Å². The van der Waals surface area contributed by atoms with Crippen molar-refractivity contribution in [2.24, 2.45) is 0 Å². The summed E-state index contributed by atoms with van der Waals surface area (Å²) < 4.78 is 5.70. The lowest BCUT2D eigenvalue weighted by Crippen LogP contribution is -2.46. The number of aryl methyl sites for hydroxylation is 1. The second-order valence-electron chi connectivity index (χ2n) is 6.43. The van der Waals surface area contributed by atoms with Crippen LogP contribution in [0, 0.1) is 0 Å². The van der Waals surface area contributed by atoms with Crippen molar-refractivity contribution < 1.29 is 9.53 Å². The zero-order valence-corrected chi connectivity index (χ0v) is 13.4. The van der Waals surface area contributed by atoms with Gasteiger partial charge in [-0.1, -0.05) is 6.92 Å². The third kappa shape index (κ3) is 3.90. The highest BCUT2D eigenvalue weighted by atomic mass is 16.5. The molecule has 5 nitrogen and oxygen atoms in total. The van der Waals surface area contributed by atoms with Crippen molar-refractivity contribution >= 4 is 5.91 Å². The molecule has 2 N–H and O–H groups in total. The number of nitrogens with zero attached hydrogens (tertiary/aromatic N) is 1. The van der Waals surface area contributed by atoms with E-state index in [9.17, 15) is 4.79 Å². The third-order valence-electron chi connectivity index (χ3n) is 4.78. The molecule has 0 aliphatic carbocycles. The summed E-state index contributed by atoms with van der Waals surface area (Å²) >= 11 is 0. The normalized spacial score (nSPS) is 23.8. The van der Waals surface area contributed by atoms with Gasteiger partial charge in [0.1, 0.15) is 5.69 Å². The van der Waals surface area contributed by atoms with Crippen molar-refractivity contribution in [3.63, 3.8) is 0 Å². The van der Waals surface area contributed by atoms with Gasteiger partial charge in [0.05, 0.1) is 6.10 Å². The lowest BCUT2D eigenvalue weighted by atomic mass is 10.0. The maximum atomic E-state index is 12.2. The molecule has 1 aromatic rings. The van der Waals surface area contributed by atoms with Gasteiger partial charge in [-0.25, -0.2) is 0 Å². The number of rotatable bonds is 5. The molecule has 0 saturated carbocycles. The Bertz CT molecular complexity index is 486. The second-order valence-corrected chi connectivity index (χ2v) is 6.43. The van der Waals surface area contributed by atoms with Crippen molar-refractivity contribution in [3.8, 4) is 0 Å². The minimum Gasteiger partial charge on any atom is -0.377 e. The number of ether oxygens (including phenoxy) is 1. The summed E-state index contributed by atoms with van der Waals surface area (Å²) in [7, 11) is 0. The van der Waals surface area contributed by atoms with E-state index in [1.807, 2.05) is 12.1 Å². The molecule has 1 amide bonds. The second kappa shape index (κ2) is 7.29. The van der Waals surface area contributed by atoms with Gasteiger partial charge in [0.25, 0.3) is 5.91 Å². The standard InChI is InChI=1S/C17H27N3O2/c1-2-13-5-6-16(18-13)17(21)19-14-7-9-20(10-8-14)12-15-4-3-11-22-15/h5-6,14-15,18H,2-4,7-12H2,1H3,(H,19,21). The Morgan fingerprint density at radius 2 is 2.18 bits per heavy atom. The Morgan fingerprint density at radius 1 is 1.36 bits per heavy atom. The maximum absolute atomic E-state index is 12.2. The third-order valence-corrected chi connectivity index (χ3v) is 4.78. The fourth-order valence-corrected chi connectivity index (χ4v) is 3.38. The summed E-state index contributed by atoms with van der Waals surface area (Å²) in [4.78, 5) is 17.9.